The van der Waals surface area contributed by atoms with Crippen molar-refractivity contribution in [3.63, 3.8) is 0 Å². The molecule has 29 heavy (non-hydrogen) atoms. The van der Waals surface area contributed by atoms with Gasteiger partial charge < -0.3 is 4.57 Å². The molecule has 3 aromatic heterocycles. The van der Waals surface area contributed by atoms with E-state index < -0.39 is 0 Å². The molecule has 0 aliphatic rings. The Balaban J connectivity index is 1.54. The van der Waals surface area contributed by atoms with Gasteiger partial charge in [0.2, 0.25) is 0 Å². The topological polar surface area (TPSA) is 65.6 Å². The van der Waals surface area contributed by atoms with Gasteiger partial charge in [0, 0.05) is 18.8 Å². The maximum Gasteiger partial charge on any atom is 0.270 e. The SMILES string of the molecule is Cn1cnc2ccc(-c3ccc(Cn4c(=O)cnc5cccnc54)c(F)c3)cc21. The summed E-state index contributed by atoms with van der Waals surface area (Å²) in [6.45, 7) is 0.0851. The molecule has 0 N–H and O–H groups in total. The fraction of sp³-hybridized carbons (Fsp3) is 0.0909. The molecule has 0 atom stereocenters. The van der Waals surface area contributed by atoms with Gasteiger partial charge in [-0.25, -0.2) is 19.3 Å². The maximum atomic E-state index is 14.9. The van der Waals surface area contributed by atoms with E-state index in [2.05, 4.69) is 15.0 Å². The quantitative estimate of drug-likeness (QED) is 0.477. The Morgan fingerprint density at radius 3 is 2.66 bits per heavy atom. The van der Waals surface area contributed by atoms with Crippen LogP contribution in [-0.4, -0.2) is 24.1 Å². The number of halogens is 1. The van der Waals surface area contributed by atoms with Crippen LogP contribution in [0.5, 0.6) is 0 Å². The summed E-state index contributed by atoms with van der Waals surface area (Å²) in [5.74, 6) is -0.375. The standard InChI is InChI=1S/C22H16FN5O/c1-27-13-26-18-7-6-15(10-20(18)27)14-4-5-16(17(23)9-14)12-28-21(29)11-25-19-3-2-8-24-22(19)28/h2-11,13H,12H2,1H3. The Kier molecular flexibility index (Phi) is 3.94. The normalized spacial score (nSPS) is 11.4. The van der Waals surface area contributed by atoms with E-state index in [9.17, 15) is 9.18 Å². The Morgan fingerprint density at radius 2 is 1.79 bits per heavy atom. The monoisotopic (exact) mass is 385 g/mol. The summed E-state index contributed by atoms with van der Waals surface area (Å²) in [5, 5.41) is 0. The van der Waals surface area contributed by atoms with Gasteiger partial charge in [-0.05, 0) is 41.5 Å². The molecule has 0 aliphatic heterocycles. The Morgan fingerprint density at radius 1 is 0.966 bits per heavy atom. The molecule has 0 radical (unpaired) electrons. The fourth-order valence-electron chi connectivity index (χ4n) is 3.48. The van der Waals surface area contributed by atoms with Gasteiger partial charge >= 0.3 is 0 Å². The zero-order valence-corrected chi connectivity index (χ0v) is 15.6. The van der Waals surface area contributed by atoms with Crippen molar-refractivity contribution in [2.45, 2.75) is 6.54 Å². The maximum absolute atomic E-state index is 14.9. The number of rotatable bonds is 3. The molecule has 0 bridgehead atoms. The Bertz CT molecular complexity index is 1440. The number of aromatic nitrogens is 5. The summed E-state index contributed by atoms with van der Waals surface area (Å²) in [6, 6.07) is 14.4. The third-order valence-electron chi connectivity index (χ3n) is 5.04. The first-order valence-corrected chi connectivity index (χ1v) is 9.10. The van der Waals surface area contributed by atoms with Crippen molar-refractivity contribution in [3.05, 3.63) is 89.0 Å². The number of pyridine rings is 1. The van der Waals surface area contributed by atoms with Crippen LogP contribution in [0.15, 0.2) is 72.0 Å². The van der Waals surface area contributed by atoms with Crippen molar-refractivity contribution in [1.29, 1.82) is 0 Å². The lowest BCUT2D eigenvalue weighted by Crippen LogP contribution is -2.22. The molecule has 0 spiro atoms. The smallest absolute Gasteiger partial charge is 0.270 e. The van der Waals surface area contributed by atoms with E-state index in [-0.39, 0.29) is 17.9 Å². The number of hydrogen-bond acceptors (Lipinski definition) is 4. The highest BCUT2D eigenvalue weighted by atomic mass is 19.1. The van der Waals surface area contributed by atoms with Crippen LogP contribution >= 0.6 is 0 Å². The third kappa shape index (κ3) is 2.97. The average Bonchev–Trinajstić information content (AvgIpc) is 3.11. The van der Waals surface area contributed by atoms with E-state index in [0.29, 0.717) is 16.7 Å². The summed E-state index contributed by atoms with van der Waals surface area (Å²) >= 11 is 0. The highest BCUT2D eigenvalue weighted by molar-refractivity contribution is 5.82. The minimum Gasteiger partial charge on any atom is -0.334 e. The van der Waals surface area contributed by atoms with E-state index >= 15 is 0 Å². The summed E-state index contributed by atoms with van der Waals surface area (Å²) < 4.78 is 18.3. The van der Waals surface area contributed by atoms with Crippen LogP contribution in [-0.2, 0) is 13.6 Å². The molecular formula is C22H16FN5O. The van der Waals surface area contributed by atoms with E-state index in [0.717, 1.165) is 22.2 Å². The second-order valence-electron chi connectivity index (χ2n) is 6.89. The zero-order valence-electron chi connectivity index (χ0n) is 15.6. The van der Waals surface area contributed by atoms with Crippen LogP contribution in [0.3, 0.4) is 0 Å². The van der Waals surface area contributed by atoms with Crippen molar-refractivity contribution < 1.29 is 4.39 Å². The van der Waals surface area contributed by atoms with Gasteiger partial charge in [-0.1, -0.05) is 18.2 Å². The number of fused-ring (bicyclic) bond motifs is 2. The molecule has 0 unspecified atom stereocenters. The molecule has 142 valence electrons. The molecule has 0 fully saturated rings. The van der Waals surface area contributed by atoms with Gasteiger partial charge in [-0.15, -0.1) is 0 Å². The third-order valence-corrected chi connectivity index (χ3v) is 5.04. The zero-order chi connectivity index (χ0) is 20.0. The van der Waals surface area contributed by atoms with E-state index in [4.69, 9.17) is 0 Å². The lowest BCUT2D eigenvalue weighted by atomic mass is 10.0. The van der Waals surface area contributed by atoms with Gasteiger partial charge in [0.25, 0.3) is 5.56 Å². The number of nitrogens with zero attached hydrogens (tertiary/aromatic N) is 5. The molecule has 5 rings (SSSR count). The van der Waals surface area contributed by atoms with Gasteiger partial charge in [-0.2, -0.15) is 0 Å². The van der Waals surface area contributed by atoms with Crippen molar-refractivity contribution in [2.24, 2.45) is 7.05 Å². The van der Waals surface area contributed by atoms with Crippen LogP contribution in [0.4, 0.5) is 4.39 Å². The Labute approximate surface area is 164 Å². The molecule has 7 heteroatoms. The van der Waals surface area contributed by atoms with Crippen molar-refractivity contribution in [3.8, 4) is 11.1 Å². The predicted octanol–water partition coefficient (Wildman–Crippen LogP) is 3.53. The fourth-order valence-corrected chi connectivity index (χ4v) is 3.48. The molecule has 5 aromatic rings. The molecule has 0 aliphatic carbocycles. The van der Waals surface area contributed by atoms with E-state index in [1.807, 2.05) is 35.9 Å². The summed E-state index contributed by atoms with van der Waals surface area (Å²) in [5.41, 5.74) is 4.66. The van der Waals surface area contributed by atoms with Crippen LogP contribution < -0.4 is 5.56 Å². The second-order valence-corrected chi connectivity index (χ2v) is 6.89. The highest BCUT2D eigenvalue weighted by Crippen LogP contribution is 2.26. The van der Waals surface area contributed by atoms with Crippen molar-refractivity contribution >= 4 is 22.2 Å². The lowest BCUT2D eigenvalue weighted by Gasteiger charge is -2.11. The summed E-state index contributed by atoms with van der Waals surface area (Å²) in [7, 11) is 1.92. The highest BCUT2D eigenvalue weighted by Gasteiger charge is 2.11. The van der Waals surface area contributed by atoms with E-state index in [1.165, 1.54) is 16.8 Å². The molecule has 0 saturated carbocycles. The number of hydrogen-bond donors (Lipinski definition) is 0. The first-order valence-electron chi connectivity index (χ1n) is 9.10. The van der Waals surface area contributed by atoms with Crippen LogP contribution in [0.1, 0.15) is 5.56 Å². The lowest BCUT2D eigenvalue weighted by molar-refractivity contribution is 0.599. The second kappa shape index (κ2) is 6.63. The first kappa shape index (κ1) is 17.2. The predicted molar refractivity (Wildman–Crippen MR) is 109 cm³/mol. The van der Waals surface area contributed by atoms with Crippen molar-refractivity contribution in [2.75, 3.05) is 0 Å². The molecule has 6 nitrogen and oxygen atoms in total. The van der Waals surface area contributed by atoms with Gasteiger partial charge in [0.15, 0.2) is 5.65 Å². The van der Waals surface area contributed by atoms with Crippen LogP contribution in [0.25, 0.3) is 33.3 Å². The summed E-state index contributed by atoms with van der Waals surface area (Å²) in [6.07, 6.45) is 4.58. The minimum atomic E-state index is -0.375. The molecule has 3 heterocycles. The molecule has 2 aromatic carbocycles. The van der Waals surface area contributed by atoms with Gasteiger partial charge in [-0.3, -0.25) is 9.36 Å². The number of benzene rings is 2. The largest absolute Gasteiger partial charge is 0.334 e. The van der Waals surface area contributed by atoms with E-state index in [1.54, 1.807) is 30.7 Å². The molecule has 0 amide bonds. The van der Waals surface area contributed by atoms with Gasteiger partial charge in [0.05, 0.1) is 30.1 Å². The average molecular weight is 385 g/mol. The molecule has 0 saturated heterocycles. The van der Waals surface area contributed by atoms with Crippen LogP contribution in [0, 0.1) is 5.82 Å². The minimum absolute atomic E-state index is 0.0851. The molecular weight excluding hydrogens is 369 g/mol. The number of aryl methyl sites for hydroxylation is 1. The Hall–Kier alpha value is -3.87. The van der Waals surface area contributed by atoms with Crippen molar-refractivity contribution in [1.82, 2.24) is 24.1 Å². The van der Waals surface area contributed by atoms with Crippen LogP contribution in [0.2, 0.25) is 0 Å². The van der Waals surface area contributed by atoms with Gasteiger partial charge in [0.1, 0.15) is 11.3 Å². The first-order chi connectivity index (χ1) is 14.1. The summed E-state index contributed by atoms with van der Waals surface area (Å²) in [4.78, 5) is 24.9. The number of imidazole rings is 1.